The minimum Gasteiger partial charge on any atom is -0.339 e. The van der Waals surface area contributed by atoms with Gasteiger partial charge in [0, 0.05) is 39.6 Å². The van der Waals surface area contributed by atoms with Gasteiger partial charge in [-0.25, -0.2) is 4.79 Å². The van der Waals surface area contributed by atoms with E-state index in [4.69, 9.17) is 4.98 Å². The highest BCUT2D eigenvalue weighted by Crippen LogP contribution is 2.23. The molecule has 0 saturated carbocycles. The molecule has 0 unspecified atom stereocenters. The number of carbonyl (C=O) groups excluding carboxylic acids is 1. The van der Waals surface area contributed by atoms with Gasteiger partial charge in [0.05, 0.1) is 6.54 Å². The lowest BCUT2D eigenvalue weighted by atomic mass is 10.1. The predicted molar refractivity (Wildman–Crippen MR) is 115 cm³/mol. The normalized spacial score (nSPS) is 14.5. The Bertz CT molecular complexity index is 1210. The summed E-state index contributed by atoms with van der Waals surface area (Å²) in [6.45, 7) is 6.80. The molecular formula is C21H26N6O3. The smallest absolute Gasteiger partial charge is 0.329 e. The molecule has 1 amide bonds. The summed E-state index contributed by atoms with van der Waals surface area (Å²) in [6.07, 6.45) is 0.489. The third-order valence-electron chi connectivity index (χ3n) is 5.63. The van der Waals surface area contributed by atoms with E-state index in [0.29, 0.717) is 56.3 Å². The van der Waals surface area contributed by atoms with Crippen LogP contribution in [0.3, 0.4) is 0 Å². The Kier molecular flexibility index (Phi) is 5.19. The van der Waals surface area contributed by atoms with Crippen molar-refractivity contribution in [2.75, 3.05) is 31.1 Å². The summed E-state index contributed by atoms with van der Waals surface area (Å²) in [5.74, 6) is 0.781. The number of nitrogens with one attached hydrogen (secondary N) is 1. The predicted octanol–water partition coefficient (Wildman–Crippen LogP) is 0.839. The zero-order chi connectivity index (χ0) is 21.4. The van der Waals surface area contributed by atoms with Gasteiger partial charge in [0.2, 0.25) is 11.9 Å². The first-order valence-corrected chi connectivity index (χ1v) is 10.2. The van der Waals surface area contributed by atoms with Crippen LogP contribution in [-0.4, -0.2) is 56.1 Å². The van der Waals surface area contributed by atoms with Crippen LogP contribution < -0.4 is 16.1 Å². The molecule has 1 aliphatic heterocycles. The Hall–Kier alpha value is -3.36. The van der Waals surface area contributed by atoms with E-state index in [1.807, 2.05) is 41.5 Å². The second-order valence-corrected chi connectivity index (χ2v) is 7.70. The van der Waals surface area contributed by atoms with Crippen LogP contribution in [0.25, 0.3) is 11.2 Å². The van der Waals surface area contributed by atoms with Crippen molar-refractivity contribution in [3.8, 4) is 0 Å². The Balaban J connectivity index is 1.80. The van der Waals surface area contributed by atoms with Crippen LogP contribution in [0.5, 0.6) is 0 Å². The molecule has 4 rings (SSSR count). The number of imidazole rings is 1. The summed E-state index contributed by atoms with van der Waals surface area (Å²) in [7, 11) is 1.60. The summed E-state index contributed by atoms with van der Waals surface area (Å²) < 4.78 is 3.24. The fraction of sp³-hybridized carbons (Fsp3) is 0.429. The van der Waals surface area contributed by atoms with Gasteiger partial charge in [-0.1, -0.05) is 36.8 Å². The highest BCUT2D eigenvalue weighted by atomic mass is 16.2. The Morgan fingerprint density at radius 3 is 2.57 bits per heavy atom. The molecule has 1 aliphatic rings. The average molecular weight is 410 g/mol. The van der Waals surface area contributed by atoms with Gasteiger partial charge in [-0.15, -0.1) is 0 Å². The fourth-order valence-electron chi connectivity index (χ4n) is 3.99. The van der Waals surface area contributed by atoms with E-state index in [0.717, 1.165) is 11.1 Å². The van der Waals surface area contributed by atoms with E-state index in [2.05, 4.69) is 16.0 Å². The third-order valence-corrected chi connectivity index (χ3v) is 5.63. The number of benzene rings is 1. The Labute approximate surface area is 173 Å². The Morgan fingerprint density at radius 2 is 1.90 bits per heavy atom. The van der Waals surface area contributed by atoms with Gasteiger partial charge in [0.15, 0.2) is 11.2 Å². The van der Waals surface area contributed by atoms with Crippen LogP contribution in [0, 0.1) is 6.92 Å². The van der Waals surface area contributed by atoms with Crippen LogP contribution in [0.4, 0.5) is 5.95 Å². The number of aryl methyl sites for hydroxylation is 2. The molecule has 0 aliphatic carbocycles. The first-order valence-electron chi connectivity index (χ1n) is 10.2. The van der Waals surface area contributed by atoms with E-state index in [1.54, 1.807) is 7.05 Å². The number of hydrogen-bond acceptors (Lipinski definition) is 5. The van der Waals surface area contributed by atoms with E-state index >= 15 is 0 Å². The van der Waals surface area contributed by atoms with E-state index < -0.39 is 11.2 Å². The molecule has 0 spiro atoms. The van der Waals surface area contributed by atoms with Crippen LogP contribution in [-0.2, 0) is 18.4 Å². The van der Waals surface area contributed by atoms with Crippen molar-refractivity contribution >= 4 is 23.0 Å². The summed E-state index contributed by atoms with van der Waals surface area (Å²) in [5.41, 5.74) is 1.98. The lowest BCUT2D eigenvalue weighted by Gasteiger charge is -2.35. The van der Waals surface area contributed by atoms with E-state index in [1.165, 1.54) is 4.57 Å². The van der Waals surface area contributed by atoms with Gasteiger partial charge < -0.3 is 9.80 Å². The number of fused-ring (bicyclic) bond motifs is 1. The number of hydrogen-bond donors (Lipinski definition) is 1. The number of rotatable bonds is 4. The van der Waals surface area contributed by atoms with Gasteiger partial charge in [-0.05, 0) is 12.5 Å². The van der Waals surface area contributed by atoms with Crippen molar-refractivity contribution in [3.05, 3.63) is 56.2 Å². The van der Waals surface area contributed by atoms with E-state index in [-0.39, 0.29) is 5.91 Å². The topological polar surface area (TPSA) is 96.2 Å². The lowest BCUT2D eigenvalue weighted by molar-refractivity contribution is -0.131. The molecule has 0 bridgehead atoms. The number of piperazine rings is 1. The summed E-state index contributed by atoms with van der Waals surface area (Å²) in [5, 5.41) is 0. The molecule has 3 heterocycles. The molecule has 1 N–H and O–H groups in total. The Morgan fingerprint density at radius 1 is 1.17 bits per heavy atom. The number of anilines is 1. The van der Waals surface area contributed by atoms with Crippen molar-refractivity contribution in [2.24, 2.45) is 7.05 Å². The van der Waals surface area contributed by atoms with Crippen molar-refractivity contribution in [1.29, 1.82) is 0 Å². The molecular weight excluding hydrogens is 384 g/mol. The van der Waals surface area contributed by atoms with Gasteiger partial charge in [-0.3, -0.25) is 23.7 Å². The number of aromatic amines is 1. The number of H-pyrrole nitrogens is 1. The standard InChI is InChI=1S/C21H26N6O3/c1-4-16(28)25-8-10-26(11-9-25)20-22-18-17(19(29)23-21(30)24(18)3)27(20)13-15-7-5-6-14(2)12-15/h5-7,12H,4,8-11,13H2,1-3H3,(H,23,29,30). The number of nitrogens with zero attached hydrogens (tertiary/aromatic N) is 5. The molecule has 1 aromatic carbocycles. The monoisotopic (exact) mass is 410 g/mol. The number of amides is 1. The second-order valence-electron chi connectivity index (χ2n) is 7.70. The molecule has 9 nitrogen and oxygen atoms in total. The van der Waals surface area contributed by atoms with Crippen molar-refractivity contribution < 1.29 is 4.79 Å². The molecule has 0 radical (unpaired) electrons. The SMILES string of the molecule is CCC(=O)N1CCN(c2nc3c(c(=O)[nH]c(=O)n3C)n2Cc2cccc(C)c2)CC1. The summed E-state index contributed by atoms with van der Waals surface area (Å²) in [6, 6.07) is 8.09. The highest BCUT2D eigenvalue weighted by molar-refractivity contribution is 5.77. The fourth-order valence-corrected chi connectivity index (χ4v) is 3.99. The molecule has 2 aromatic heterocycles. The van der Waals surface area contributed by atoms with Crippen LogP contribution >= 0.6 is 0 Å². The molecule has 3 aromatic rings. The number of carbonyl (C=O) groups is 1. The first kappa shape index (κ1) is 19.9. The van der Waals surface area contributed by atoms with Crippen molar-refractivity contribution in [3.63, 3.8) is 0 Å². The molecule has 9 heteroatoms. The molecule has 1 fully saturated rings. The minimum absolute atomic E-state index is 0.141. The van der Waals surface area contributed by atoms with Crippen molar-refractivity contribution in [2.45, 2.75) is 26.8 Å². The quantitative estimate of drug-likeness (QED) is 0.688. The van der Waals surface area contributed by atoms with Crippen molar-refractivity contribution in [1.82, 2.24) is 24.0 Å². The third kappa shape index (κ3) is 3.51. The summed E-state index contributed by atoms with van der Waals surface area (Å²) >= 11 is 0. The molecule has 158 valence electrons. The second kappa shape index (κ2) is 7.81. The largest absolute Gasteiger partial charge is 0.339 e. The number of aromatic nitrogens is 4. The zero-order valence-electron chi connectivity index (χ0n) is 17.5. The first-order chi connectivity index (χ1) is 14.4. The van der Waals surface area contributed by atoms with Gasteiger partial charge in [-0.2, -0.15) is 4.98 Å². The molecule has 30 heavy (non-hydrogen) atoms. The lowest BCUT2D eigenvalue weighted by Crippen LogP contribution is -2.49. The maximum absolute atomic E-state index is 12.7. The average Bonchev–Trinajstić information content (AvgIpc) is 3.11. The minimum atomic E-state index is -0.488. The molecule has 1 saturated heterocycles. The van der Waals surface area contributed by atoms with Crippen LogP contribution in [0.15, 0.2) is 33.9 Å². The van der Waals surface area contributed by atoms with Crippen LogP contribution in [0.1, 0.15) is 24.5 Å². The van der Waals surface area contributed by atoms with Gasteiger partial charge >= 0.3 is 5.69 Å². The van der Waals surface area contributed by atoms with Crippen LogP contribution in [0.2, 0.25) is 0 Å². The maximum atomic E-state index is 12.7. The van der Waals surface area contributed by atoms with Gasteiger partial charge in [0.1, 0.15) is 0 Å². The zero-order valence-corrected chi connectivity index (χ0v) is 17.5. The maximum Gasteiger partial charge on any atom is 0.329 e. The highest BCUT2D eigenvalue weighted by Gasteiger charge is 2.26. The molecule has 0 atom stereocenters. The van der Waals surface area contributed by atoms with Gasteiger partial charge in [0.25, 0.3) is 5.56 Å². The van der Waals surface area contributed by atoms with E-state index in [9.17, 15) is 14.4 Å². The summed E-state index contributed by atoms with van der Waals surface area (Å²) in [4.78, 5) is 47.8.